The third kappa shape index (κ3) is 3.05. The normalized spacial score (nSPS) is 10.2. The van der Waals surface area contributed by atoms with Crippen molar-refractivity contribution in [3.8, 4) is 11.5 Å². The molecule has 0 bridgehead atoms. The molecule has 0 atom stereocenters. The zero-order valence-corrected chi connectivity index (χ0v) is 12.4. The first-order valence-electron chi connectivity index (χ1n) is 6.24. The molecule has 5 nitrogen and oxygen atoms in total. The van der Waals surface area contributed by atoms with E-state index in [4.69, 9.17) is 9.47 Å². The van der Waals surface area contributed by atoms with E-state index in [0.29, 0.717) is 4.88 Å². The average Bonchev–Trinajstić information content (AvgIpc) is 3.00. The van der Waals surface area contributed by atoms with Crippen LogP contribution in [0.3, 0.4) is 0 Å². The summed E-state index contributed by atoms with van der Waals surface area (Å²) in [6.45, 7) is 1.87. The van der Waals surface area contributed by atoms with Crippen molar-refractivity contribution in [3.63, 3.8) is 0 Å². The van der Waals surface area contributed by atoms with Crippen LogP contribution >= 0.6 is 11.3 Å². The molecule has 0 saturated carbocycles. The second-order valence-corrected chi connectivity index (χ2v) is 5.04. The van der Waals surface area contributed by atoms with Crippen LogP contribution in [0.4, 0.5) is 0 Å². The van der Waals surface area contributed by atoms with Gasteiger partial charge in [0, 0.05) is 5.56 Å². The van der Waals surface area contributed by atoms with E-state index >= 15 is 0 Å². The Morgan fingerprint density at radius 1 is 1.29 bits per heavy atom. The summed E-state index contributed by atoms with van der Waals surface area (Å²) in [6.07, 6.45) is 0. The van der Waals surface area contributed by atoms with Gasteiger partial charge in [-0.25, -0.2) is 4.79 Å². The van der Waals surface area contributed by atoms with E-state index in [1.54, 1.807) is 24.4 Å². The van der Waals surface area contributed by atoms with E-state index in [9.17, 15) is 14.7 Å². The van der Waals surface area contributed by atoms with Gasteiger partial charge in [0.2, 0.25) is 5.78 Å². The van der Waals surface area contributed by atoms with Crippen LogP contribution in [0.2, 0.25) is 0 Å². The quantitative estimate of drug-likeness (QED) is 0.679. The summed E-state index contributed by atoms with van der Waals surface area (Å²) < 4.78 is 9.92. The van der Waals surface area contributed by atoms with Gasteiger partial charge in [0.1, 0.15) is 0 Å². The maximum absolute atomic E-state index is 12.4. The van der Waals surface area contributed by atoms with Crippen molar-refractivity contribution in [3.05, 3.63) is 45.6 Å². The van der Waals surface area contributed by atoms with E-state index in [1.807, 2.05) is 0 Å². The molecule has 0 fully saturated rings. The van der Waals surface area contributed by atoms with Crippen LogP contribution in [0.25, 0.3) is 0 Å². The fourth-order valence-electron chi connectivity index (χ4n) is 1.84. The van der Waals surface area contributed by atoms with Gasteiger partial charge in [-0.3, -0.25) is 4.79 Å². The monoisotopic (exact) mass is 306 g/mol. The number of ketones is 1. The number of hydrogen-bond donors (Lipinski definition) is 1. The Morgan fingerprint density at radius 2 is 2.05 bits per heavy atom. The molecule has 0 saturated heterocycles. The van der Waals surface area contributed by atoms with Gasteiger partial charge >= 0.3 is 5.97 Å². The SMILES string of the molecule is CCOC(=O)c1cc(OC)c(O)cc1C(=O)c1cccs1. The van der Waals surface area contributed by atoms with Crippen LogP contribution < -0.4 is 4.74 Å². The molecule has 1 N–H and O–H groups in total. The van der Waals surface area contributed by atoms with Gasteiger partial charge < -0.3 is 14.6 Å². The van der Waals surface area contributed by atoms with Crippen molar-refractivity contribution in [2.24, 2.45) is 0 Å². The topological polar surface area (TPSA) is 72.8 Å². The molecule has 21 heavy (non-hydrogen) atoms. The van der Waals surface area contributed by atoms with Crippen molar-refractivity contribution in [1.82, 2.24) is 0 Å². The van der Waals surface area contributed by atoms with Gasteiger partial charge in [-0.2, -0.15) is 0 Å². The van der Waals surface area contributed by atoms with Crippen LogP contribution in [0, 0.1) is 0 Å². The number of ether oxygens (including phenoxy) is 2. The summed E-state index contributed by atoms with van der Waals surface area (Å²) in [5.41, 5.74) is 0.166. The van der Waals surface area contributed by atoms with E-state index in [0.717, 1.165) is 0 Å². The molecule has 6 heteroatoms. The number of phenolic OH excluding ortho intramolecular Hbond substituents is 1. The predicted octanol–water partition coefficient (Wildman–Crippen LogP) is 2.87. The van der Waals surface area contributed by atoms with Crippen molar-refractivity contribution in [2.75, 3.05) is 13.7 Å². The number of carbonyl (C=O) groups is 2. The second-order valence-electron chi connectivity index (χ2n) is 4.10. The first-order chi connectivity index (χ1) is 10.1. The molecule has 0 amide bonds. The molecule has 0 aliphatic rings. The molecule has 1 heterocycles. The van der Waals surface area contributed by atoms with Gasteiger partial charge in [0.05, 0.1) is 24.2 Å². The lowest BCUT2D eigenvalue weighted by molar-refractivity contribution is 0.0523. The maximum Gasteiger partial charge on any atom is 0.339 e. The van der Waals surface area contributed by atoms with Gasteiger partial charge in [-0.1, -0.05) is 6.07 Å². The number of methoxy groups -OCH3 is 1. The van der Waals surface area contributed by atoms with Crippen LogP contribution in [0.15, 0.2) is 29.6 Å². The molecule has 0 aliphatic heterocycles. The Kier molecular flexibility index (Phi) is 4.59. The minimum Gasteiger partial charge on any atom is -0.504 e. The highest BCUT2D eigenvalue weighted by atomic mass is 32.1. The van der Waals surface area contributed by atoms with Crippen molar-refractivity contribution < 1.29 is 24.2 Å². The minimum atomic E-state index is -0.629. The molecule has 2 aromatic rings. The number of phenols is 1. The number of hydrogen-bond acceptors (Lipinski definition) is 6. The smallest absolute Gasteiger partial charge is 0.339 e. The second kappa shape index (κ2) is 6.41. The van der Waals surface area contributed by atoms with E-state index < -0.39 is 5.97 Å². The Morgan fingerprint density at radius 3 is 2.62 bits per heavy atom. The number of aromatic hydroxyl groups is 1. The summed E-state index contributed by atoms with van der Waals surface area (Å²) in [7, 11) is 1.37. The Hall–Kier alpha value is -2.34. The third-order valence-corrected chi connectivity index (χ3v) is 3.67. The zero-order valence-electron chi connectivity index (χ0n) is 11.6. The maximum atomic E-state index is 12.4. The van der Waals surface area contributed by atoms with Gasteiger partial charge in [0.15, 0.2) is 11.5 Å². The highest BCUT2D eigenvalue weighted by Crippen LogP contribution is 2.31. The van der Waals surface area contributed by atoms with Gasteiger partial charge in [0.25, 0.3) is 0 Å². The van der Waals surface area contributed by atoms with Crippen LogP contribution in [-0.4, -0.2) is 30.6 Å². The third-order valence-electron chi connectivity index (χ3n) is 2.80. The fourth-order valence-corrected chi connectivity index (χ4v) is 2.52. The molecule has 0 unspecified atom stereocenters. The van der Waals surface area contributed by atoms with E-state index in [2.05, 4.69) is 0 Å². The predicted molar refractivity (Wildman–Crippen MR) is 78.4 cm³/mol. The summed E-state index contributed by atoms with van der Waals surface area (Å²) in [6, 6.07) is 5.94. The molecule has 0 spiro atoms. The molecular weight excluding hydrogens is 292 g/mol. The number of benzene rings is 1. The Bertz CT molecular complexity index is 661. The Balaban J connectivity index is 2.55. The van der Waals surface area contributed by atoms with E-state index in [1.165, 1.54) is 30.6 Å². The summed E-state index contributed by atoms with van der Waals surface area (Å²) in [5, 5.41) is 11.6. The van der Waals surface area contributed by atoms with E-state index in [-0.39, 0.29) is 35.0 Å². The summed E-state index contributed by atoms with van der Waals surface area (Å²) in [4.78, 5) is 24.9. The lowest BCUT2D eigenvalue weighted by Crippen LogP contribution is -2.12. The first-order valence-corrected chi connectivity index (χ1v) is 7.12. The summed E-state index contributed by atoms with van der Waals surface area (Å²) in [5.74, 6) is -1.06. The van der Waals surface area contributed by atoms with Crippen molar-refractivity contribution >= 4 is 23.1 Å². The lowest BCUT2D eigenvalue weighted by atomic mass is 10.0. The minimum absolute atomic E-state index is 0.0740. The fraction of sp³-hybridized carbons (Fsp3) is 0.200. The number of rotatable bonds is 5. The molecule has 2 rings (SSSR count). The molecule has 110 valence electrons. The van der Waals surface area contributed by atoms with Gasteiger partial charge in [-0.05, 0) is 30.5 Å². The van der Waals surface area contributed by atoms with Crippen LogP contribution in [-0.2, 0) is 4.74 Å². The molecule has 0 radical (unpaired) electrons. The number of thiophene rings is 1. The largest absolute Gasteiger partial charge is 0.504 e. The number of carbonyl (C=O) groups excluding carboxylic acids is 2. The molecule has 1 aromatic carbocycles. The van der Waals surface area contributed by atoms with Crippen LogP contribution in [0.5, 0.6) is 11.5 Å². The van der Waals surface area contributed by atoms with Gasteiger partial charge in [-0.15, -0.1) is 11.3 Å². The molecule has 0 aliphatic carbocycles. The number of esters is 1. The first kappa shape index (κ1) is 15.1. The van der Waals surface area contributed by atoms with Crippen molar-refractivity contribution in [1.29, 1.82) is 0 Å². The molecular formula is C15H14O5S. The van der Waals surface area contributed by atoms with Crippen LogP contribution in [0.1, 0.15) is 32.5 Å². The lowest BCUT2D eigenvalue weighted by Gasteiger charge is -2.11. The summed E-state index contributed by atoms with van der Waals surface area (Å²) >= 11 is 1.26. The average molecular weight is 306 g/mol. The standard InChI is InChI=1S/C15H14O5S/c1-3-20-15(18)10-8-12(19-2)11(16)7-9(10)14(17)13-5-4-6-21-13/h4-8,16H,3H2,1-2H3. The molecule has 1 aromatic heterocycles. The highest BCUT2D eigenvalue weighted by molar-refractivity contribution is 7.12. The highest BCUT2D eigenvalue weighted by Gasteiger charge is 2.23. The Labute approximate surface area is 125 Å². The zero-order chi connectivity index (χ0) is 15.4. The van der Waals surface area contributed by atoms with Crippen molar-refractivity contribution in [2.45, 2.75) is 6.92 Å².